The van der Waals surface area contributed by atoms with Crippen molar-refractivity contribution in [2.45, 2.75) is 247 Å². The quantitative estimate of drug-likeness (QED) is 0.0453. The summed E-state index contributed by atoms with van der Waals surface area (Å²) < 4.78 is 17.3. The molecular weight excluding hydrogens is 683 g/mol. The lowest BCUT2D eigenvalue weighted by Crippen LogP contribution is -2.28. The number of carbonyl (C=O) groups excluding carboxylic acids is 2. The summed E-state index contributed by atoms with van der Waals surface area (Å²) in [7, 11) is 0. The first-order valence-electron chi connectivity index (χ1n) is 24.6. The minimum Gasteiger partial charge on any atom is -0.465 e. The van der Waals surface area contributed by atoms with Crippen LogP contribution in [0.5, 0.6) is 0 Å². The number of nitrogens with zero attached hydrogens (tertiary/aromatic N) is 1. The summed E-state index contributed by atoms with van der Waals surface area (Å²) >= 11 is 0. The standard InChI is InChI=1S/C49H97NO5/c1-6-11-15-19-21-27-36-46(34-25-17-13-8-3)44-54-48(51)38-29-23-31-40-50(42-33-43-53-10-5)41-32-24-30-39-49(52)55-45-47(35-26-18-14-9-4)37-28-22-20-16-12-7-2/h46-47H,6-45H2,1-5H3. The van der Waals surface area contributed by atoms with E-state index < -0.39 is 0 Å². The molecule has 0 N–H and O–H groups in total. The Balaban J connectivity index is 4.45. The van der Waals surface area contributed by atoms with Crippen LogP contribution >= 0.6 is 0 Å². The highest BCUT2D eigenvalue weighted by molar-refractivity contribution is 5.69. The first-order chi connectivity index (χ1) is 27.0. The van der Waals surface area contributed by atoms with E-state index >= 15 is 0 Å². The number of unbranched alkanes of at least 4 members (excludes halogenated alkanes) is 20. The Labute approximate surface area is 344 Å². The third kappa shape index (κ3) is 39.5. The van der Waals surface area contributed by atoms with Crippen LogP contribution in [0, 0.1) is 11.8 Å². The molecule has 0 aromatic heterocycles. The second-order valence-electron chi connectivity index (χ2n) is 16.9. The topological polar surface area (TPSA) is 65.1 Å². The molecule has 0 heterocycles. The lowest BCUT2D eigenvalue weighted by Gasteiger charge is -2.22. The Morgan fingerprint density at radius 2 is 0.727 bits per heavy atom. The molecule has 0 spiro atoms. The first kappa shape index (κ1) is 53.9. The Hall–Kier alpha value is -1.14. The van der Waals surface area contributed by atoms with Gasteiger partial charge >= 0.3 is 11.9 Å². The lowest BCUT2D eigenvalue weighted by molar-refractivity contribution is -0.146. The molecule has 0 aliphatic carbocycles. The van der Waals surface area contributed by atoms with Crippen LogP contribution in [0.1, 0.15) is 247 Å². The Bertz CT molecular complexity index is 733. The van der Waals surface area contributed by atoms with Crippen molar-refractivity contribution < 1.29 is 23.8 Å². The van der Waals surface area contributed by atoms with E-state index in [1.165, 1.54) is 154 Å². The Kier molecular flexibility index (Phi) is 43.1. The van der Waals surface area contributed by atoms with Crippen molar-refractivity contribution in [1.82, 2.24) is 4.90 Å². The zero-order chi connectivity index (χ0) is 40.3. The molecule has 0 aromatic carbocycles. The molecule has 0 saturated carbocycles. The molecule has 328 valence electrons. The average molecular weight is 780 g/mol. The highest BCUT2D eigenvalue weighted by Gasteiger charge is 2.14. The van der Waals surface area contributed by atoms with Crippen LogP contribution in [-0.2, 0) is 23.8 Å². The van der Waals surface area contributed by atoms with Crippen LogP contribution in [0.4, 0.5) is 0 Å². The van der Waals surface area contributed by atoms with Crippen LogP contribution in [-0.4, -0.2) is 62.9 Å². The van der Waals surface area contributed by atoms with Gasteiger partial charge in [0, 0.05) is 32.6 Å². The highest BCUT2D eigenvalue weighted by Crippen LogP contribution is 2.21. The first-order valence-corrected chi connectivity index (χ1v) is 24.6. The predicted molar refractivity (Wildman–Crippen MR) is 237 cm³/mol. The van der Waals surface area contributed by atoms with Gasteiger partial charge in [-0.05, 0) is 89.6 Å². The average Bonchev–Trinajstić information content (AvgIpc) is 3.19. The molecule has 0 aliphatic heterocycles. The van der Waals surface area contributed by atoms with Gasteiger partial charge in [-0.25, -0.2) is 0 Å². The summed E-state index contributed by atoms with van der Waals surface area (Å²) in [4.78, 5) is 27.9. The zero-order valence-electron chi connectivity index (χ0n) is 37.9. The van der Waals surface area contributed by atoms with E-state index in [9.17, 15) is 9.59 Å². The largest absolute Gasteiger partial charge is 0.465 e. The third-order valence-corrected chi connectivity index (χ3v) is 11.5. The van der Waals surface area contributed by atoms with Crippen LogP contribution in [0.2, 0.25) is 0 Å². The molecule has 0 radical (unpaired) electrons. The number of ether oxygens (including phenoxy) is 3. The monoisotopic (exact) mass is 780 g/mol. The molecule has 55 heavy (non-hydrogen) atoms. The van der Waals surface area contributed by atoms with Gasteiger partial charge in [0.15, 0.2) is 0 Å². The fourth-order valence-corrected chi connectivity index (χ4v) is 7.77. The van der Waals surface area contributed by atoms with Gasteiger partial charge in [-0.2, -0.15) is 0 Å². The number of esters is 2. The second kappa shape index (κ2) is 44.0. The minimum atomic E-state index is -0.00565. The second-order valence-corrected chi connectivity index (χ2v) is 16.9. The van der Waals surface area contributed by atoms with E-state index in [-0.39, 0.29) is 11.9 Å². The van der Waals surface area contributed by atoms with Crippen molar-refractivity contribution in [3.05, 3.63) is 0 Å². The van der Waals surface area contributed by atoms with E-state index in [0.29, 0.717) is 37.9 Å². The van der Waals surface area contributed by atoms with Gasteiger partial charge < -0.3 is 19.1 Å². The van der Waals surface area contributed by atoms with Crippen LogP contribution in [0.15, 0.2) is 0 Å². The molecule has 6 nitrogen and oxygen atoms in total. The molecule has 0 amide bonds. The van der Waals surface area contributed by atoms with Crippen molar-refractivity contribution >= 4 is 11.9 Å². The maximum absolute atomic E-state index is 12.7. The van der Waals surface area contributed by atoms with Crippen molar-refractivity contribution in [2.75, 3.05) is 46.1 Å². The molecule has 6 heteroatoms. The molecule has 2 unspecified atom stereocenters. The maximum Gasteiger partial charge on any atom is 0.305 e. The fraction of sp³-hybridized carbons (Fsp3) is 0.959. The third-order valence-electron chi connectivity index (χ3n) is 11.5. The molecule has 0 saturated heterocycles. The lowest BCUT2D eigenvalue weighted by atomic mass is 9.95. The Morgan fingerprint density at radius 1 is 0.400 bits per heavy atom. The number of hydrogen-bond donors (Lipinski definition) is 0. The van der Waals surface area contributed by atoms with Crippen molar-refractivity contribution in [2.24, 2.45) is 11.8 Å². The van der Waals surface area contributed by atoms with Crippen LogP contribution in [0.3, 0.4) is 0 Å². The number of hydrogen-bond acceptors (Lipinski definition) is 6. The summed E-state index contributed by atoms with van der Waals surface area (Å²) in [5, 5.41) is 0. The maximum atomic E-state index is 12.7. The summed E-state index contributed by atoms with van der Waals surface area (Å²) in [6.45, 7) is 17.1. The number of rotatable bonds is 45. The summed E-state index contributed by atoms with van der Waals surface area (Å²) in [6, 6.07) is 0. The van der Waals surface area contributed by atoms with Crippen LogP contribution < -0.4 is 0 Å². The van der Waals surface area contributed by atoms with E-state index in [1.807, 2.05) is 0 Å². The summed E-state index contributed by atoms with van der Waals surface area (Å²) in [5.41, 5.74) is 0. The van der Waals surface area contributed by atoms with Crippen molar-refractivity contribution in [3.8, 4) is 0 Å². The highest BCUT2D eigenvalue weighted by atomic mass is 16.5. The van der Waals surface area contributed by atoms with Gasteiger partial charge in [0.2, 0.25) is 0 Å². The molecule has 0 rings (SSSR count). The van der Waals surface area contributed by atoms with Gasteiger partial charge in [0.1, 0.15) is 0 Å². The Morgan fingerprint density at radius 3 is 1.11 bits per heavy atom. The van der Waals surface area contributed by atoms with Gasteiger partial charge in [-0.3, -0.25) is 9.59 Å². The minimum absolute atomic E-state index is 0.00565. The molecule has 0 bridgehead atoms. The van der Waals surface area contributed by atoms with E-state index in [4.69, 9.17) is 14.2 Å². The molecular formula is C49H97NO5. The van der Waals surface area contributed by atoms with Gasteiger partial charge in [-0.1, -0.05) is 169 Å². The van der Waals surface area contributed by atoms with Crippen LogP contribution in [0.25, 0.3) is 0 Å². The van der Waals surface area contributed by atoms with Gasteiger partial charge in [-0.15, -0.1) is 0 Å². The fourth-order valence-electron chi connectivity index (χ4n) is 7.77. The predicted octanol–water partition coefficient (Wildman–Crippen LogP) is 14.6. The van der Waals surface area contributed by atoms with Crippen molar-refractivity contribution in [3.63, 3.8) is 0 Å². The zero-order valence-corrected chi connectivity index (χ0v) is 37.9. The van der Waals surface area contributed by atoms with E-state index in [1.54, 1.807) is 0 Å². The van der Waals surface area contributed by atoms with E-state index in [0.717, 1.165) is 77.8 Å². The van der Waals surface area contributed by atoms with Gasteiger partial charge in [0.25, 0.3) is 0 Å². The molecule has 0 aromatic rings. The summed E-state index contributed by atoms with van der Waals surface area (Å²) in [5.74, 6) is 1.04. The molecule has 0 fully saturated rings. The van der Waals surface area contributed by atoms with Gasteiger partial charge in [0.05, 0.1) is 13.2 Å². The van der Waals surface area contributed by atoms with Crippen molar-refractivity contribution in [1.29, 1.82) is 0 Å². The smallest absolute Gasteiger partial charge is 0.305 e. The normalized spacial score (nSPS) is 12.7. The molecule has 2 atom stereocenters. The molecule has 0 aliphatic rings. The summed E-state index contributed by atoms with van der Waals surface area (Å²) in [6.07, 6.45) is 39.2. The van der Waals surface area contributed by atoms with E-state index in [2.05, 4.69) is 39.5 Å². The number of carbonyl (C=O) groups is 2. The SMILES string of the molecule is CCCCCCCCC(CCCCCC)COC(=O)CCCCCN(CCCCCC(=O)OCC(CCCCCC)CCCCCCCC)CCCOCC.